The molecule has 0 aromatic rings. The molecule has 0 bridgehead atoms. The van der Waals surface area contributed by atoms with Gasteiger partial charge in [-0.15, -0.1) is 0 Å². The van der Waals surface area contributed by atoms with Gasteiger partial charge >= 0.3 is 5.97 Å². The highest BCUT2D eigenvalue weighted by molar-refractivity contribution is 5.69. The Morgan fingerprint density at radius 1 is 0.514 bits per heavy atom. The Morgan fingerprint density at radius 2 is 0.829 bits per heavy atom. The molecule has 0 amide bonds. The smallest absolute Gasteiger partial charge is 0.308 e. The lowest BCUT2D eigenvalue weighted by molar-refractivity contribution is -0.146. The SMILES string of the molecule is CCCCCCCCCCCCCCCCCCOC(=O)CC(O)CCCCCCCCCCC. The Balaban J connectivity index is 3.26. The van der Waals surface area contributed by atoms with Crippen molar-refractivity contribution in [2.75, 3.05) is 6.61 Å². The summed E-state index contributed by atoms with van der Waals surface area (Å²) in [5.41, 5.74) is 0. The van der Waals surface area contributed by atoms with Gasteiger partial charge in [0.2, 0.25) is 0 Å². The van der Waals surface area contributed by atoms with Crippen molar-refractivity contribution in [1.82, 2.24) is 0 Å². The van der Waals surface area contributed by atoms with Gasteiger partial charge in [0.15, 0.2) is 0 Å². The average molecular weight is 497 g/mol. The van der Waals surface area contributed by atoms with E-state index in [1.165, 1.54) is 141 Å². The summed E-state index contributed by atoms with van der Waals surface area (Å²) in [6.07, 6.45) is 33.4. The van der Waals surface area contributed by atoms with Crippen LogP contribution in [0.1, 0.15) is 187 Å². The highest BCUT2D eigenvalue weighted by Crippen LogP contribution is 2.15. The summed E-state index contributed by atoms with van der Waals surface area (Å²) in [6, 6.07) is 0. The monoisotopic (exact) mass is 496 g/mol. The van der Waals surface area contributed by atoms with Gasteiger partial charge in [-0.25, -0.2) is 0 Å². The Labute approximate surface area is 220 Å². The van der Waals surface area contributed by atoms with Crippen molar-refractivity contribution in [1.29, 1.82) is 0 Å². The maximum Gasteiger partial charge on any atom is 0.308 e. The first-order valence-corrected chi connectivity index (χ1v) is 16.0. The van der Waals surface area contributed by atoms with Crippen LogP contribution in [0.4, 0.5) is 0 Å². The van der Waals surface area contributed by atoms with Crippen LogP contribution in [0.15, 0.2) is 0 Å². The molecule has 0 aliphatic rings. The summed E-state index contributed by atoms with van der Waals surface area (Å²) in [5, 5.41) is 10.1. The van der Waals surface area contributed by atoms with Crippen molar-refractivity contribution < 1.29 is 14.6 Å². The van der Waals surface area contributed by atoms with Crippen LogP contribution in [0, 0.1) is 0 Å². The quantitative estimate of drug-likeness (QED) is 0.0827. The van der Waals surface area contributed by atoms with Gasteiger partial charge in [-0.1, -0.05) is 168 Å². The Morgan fingerprint density at radius 3 is 1.20 bits per heavy atom. The van der Waals surface area contributed by atoms with Crippen LogP contribution in [0.25, 0.3) is 0 Å². The van der Waals surface area contributed by atoms with E-state index in [9.17, 15) is 9.90 Å². The third kappa shape index (κ3) is 29.5. The predicted octanol–water partition coefficient (Wildman–Crippen LogP) is 10.5. The minimum Gasteiger partial charge on any atom is -0.466 e. The summed E-state index contributed by atoms with van der Waals surface area (Å²) in [6.45, 7) is 5.05. The van der Waals surface area contributed by atoms with Gasteiger partial charge in [-0.3, -0.25) is 4.79 Å². The normalized spacial score (nSPS) is 12.2. The van der Waals surface area contributed by atoms with Crippen LogP contribution in [-0.4, -0.2) is 23.8 Å². The van der Waals surface area contributed by atoms with Crippen molar-refractivity contribution in [3.63, 3.8) is 0 Å². The molecule has 0 radical (unpaired) electrons. The zero-order valence-corrected chi connectivity index (χ0v) is 24.1. The fourth-order valence-electron chi connectivity index (χ4n) is 4.88. The standard InChI is InChI=1S/C32H64O3/c1-3-5-7-9-11-13-14-15-16-17-18-19-21-23-25-27-29-35-32(34)30-31(33)28-26-24-22-20-12-10-8-6-4-2/h31,33H,3-30H2,1-2H3. The van der Waals surface area contributed by atoms with E-state index in [0.717, 1.165) is 25.7 Å². The Kier molecular flexibility index (Phi) is 29.2. The zero-order chi connectivity index (χ0) is 25.7. The number of unbranched alkanes of at least 4 members (excludes halogenated alkanes) is 23. The van der Waals surface area contributed by atoms with E-state index in [1.54, 1.807) is 0 Å². The van der Waals surface area contributed by atoms with E-state index < -0.39 is 6.10 Å². The molecule has 0 spiro atoms. The number of rotatable bonds is 29. The minimum atomic E-state index is -0.530. The van der Waals surface area contributed by atoms with E-state index >= 15 is 0 Å². The second-order valence-corrected chi connectivity index (χ2v) is 11.0. The number of carbonyl (C=O) groups is 1. The molecule has 3 heteroatoms. The van der Waals surface area contributed by atoms with Crippen LogP contribution in [0.2, 0.25) is 0 Å². The second kappa shape index (κ2) is 29.7. The summed E-state index contributed by atoms with van der Waals surface area (Å²) in [5.74, 6) is -0.227. The molecule has 1 atom stereocenters. The van der Waals surface area contributed by atoms with Crippen molar-refractivity contribution in [3.8, 4) is 0 Å². The van der Waals surface area contributed by atoms with Gasteiger partial charge in [0.05, 0.1) is 19.1 Å². The minimum absolute atomic E-state index is 0.163. The highest BCUT2D eigenvalue weighted by atomic mass is 16.5. The van der Waals surface area contributed by atoms with Crippen molar-refractivity contribution in [3.05, 3.63) is 0 Å². The molecule has 210 valence electrons. The predicted molar refractivity (Wildman–Crippen MR) is 153 cm³/mol. The van der Waals surface area contributed by atoms with E-state index in [4.69, 9.17) is 4.74 Å². The largest absolute Gasteiger partial charge is 0.466 e. The van der Waals surface area contributed by atoms with E-state index in [2.05, 4.69) is 13.8 Å². The van der Waals surface area contributed by atoms with Gasteiger partial charge in [-0.05, 0) is 12.8 Å². The molecule has 1 N–H and O–H groups in total. The molecule has 0 aromatic heterocycles. The van der Waals surface area contributed by atoms with E-state index in [-0.39, 0.29) is 12.4 Å². The van der Waals surface area contributed by atoms with Gasteiger partial charge in [0.1, 0.15) is 0 Å². The van der Waals surface area contributed by atoms with Gasteiger partial charge in [0.25, 0.3) is 0 Å². The molecule has 0 rings (SSSR count). The van der Waals surface area contributed by atoms with Gasteiger partial charge in [0, 0.05) is 0 Å². The van der Waals surface area contributed by atoms with Crippen LogP contribution < -0.4 is 0 Å². The third-order valence-electron chi connectivity index (χ3n) is 7.30. The van der Waals surface area contributed by atoms with Crippen LogP contribution in [0.3, 0.4) is 0 Å². The highest BCUT2D eigenvalue weighted by Gasteiger charge is 2.11. The molecule has 35 heavy (non-hydrogen) atoms. The molecule has 0 heterocycles. The molecule has 0 fully saturated rings. The van der Waals surface area contributed by atoms with Gasteiger partial charge < -0.3 is 9.84 Å². The van der Waals surface area contributed by atoms with E-state index in [0.29, 0.717) is 6.61 Å². The molecule has 1 unspecified atom stereocenters. The molecule has 0 saturated heterocycles. The topological polar surface area (TPSA) is 46.5 Å². The van der Waals surface area contributed by atoms with Crippen molar-refractivity contribution in [2.24, 2.45) is 0 Å². The first kappa shape index (κ1) is 34.4. The maximum absolute atomic E-state index is 11.9. The molecule has 0 saturated carbocycles. The Bertz CT molecular complexity index is 410. The Hall–Kier alpha value is -0.570. The van der Waals surface area contributed by atoms with E-state index in [1.807, 2.05) is 0 Å². The zero-order valence-electron chi connectivity index (χ0n) is 24.1. The number of esters is 1. The molecule has 0 aliphatic heterocycles. The molecule has 0 aliphatic carbocycles. The number of aliphatic hydroxyl groups excluding tert-OH is 1. The average Bonchev–Trinajstić information content (AvgIpc) is 2.85. The summed E-state index contributed by atoms with van der Waals surface area (Å²) in [4.78, 5) is 11.9. The number of carbonyl (C=O) groups excluding carboxylic acids is 1. The summed E-state index contributed by atoms with van der Waals surface area (Å²) in [7, 11) is 0. The third-order valence-corrected chi connectivity index (χ3v) is 7.30. The van der Waals surface area contributed by atoms with Crippen LogP contribution in [0.5, 0.6) is 0 Å². The fraction of sp³-hybridized carbons (Fsp3) is 0.969. The lowest BCUT2D eigenvalue weighted by Gasteiger charge is -2.10. The molecular weight excluding hydrogens is 432 g/mol. The maximum atomic E-state index is 11.9. The summed E-state index contributed by atoms with van der Waals surface area (Å²) < 4.78 is 5.32. The number of hydrogen-bond donors (Lipinski definition) is 1. The first-order chi connectivity index (χ1) is 17.2. The van der Waals surface area contributed by atoms with Gasteiger partial charge in [-0.2, -0.15) is 0 Å². The molecule has 3 nitrogen and oxygen atoms in total. The van der Waals surface area contributed by atoms with Crippen molar-refractivity contribution in [2.45, 2.75) is 193 Å². The lowest BCUT2D eigenvalue weighted by atomic mass is 10.0. The number of hydrogen-bond acceptors (Lipinski definition) is 3. The second-order valence-electron chi connectivity index (χ2n) is 11.0. The first-order valence-electron chi connectivity index (χ1n) is 16.0. The number of aliphatic hydroxyl groups is 1. The number of ether oxygens (including phenoxy) is 1. The molecular formula is C32H64O3. The van der Waals surface area contributed by atoms with Crippen LogP contribution in [-0.2, 0) is 9.53 Å². The lowest BCUT2D eigenvalue weighted by Crippen LogP contribution is -2.16. The van der Waals surface area contributed by atoms with Crippen molar-refractivity contribution >= 4 is 5.97 Å². The molecule has 0 aromatic carbocycles. The summed E-state index contributed by atoms with van der Waals surface area (Å²) >= 11 is 0. The fourth-order valence-corrected chi connectivity index (χ4v) is 4.88. The van der Waals surface area contributed by atoms with Crippen LogP contribution >= 0.6 is 0 Å².